The van der Waals surface area contributed by atoms with Crippen LogP contribution in [0.4, 0.5) is 19.1 Å². The lowest BCUT2D eigenvalue weighted by Gasteiger charge is -2.34. The Labute approximate surface area is 250 Å². The number of carbonyl (C=O) groups is 1. The van der Waals surface area contributed by atoms with Gasteiger partial charge in [0.2, 0.25) is 5.95 Å². The Bertz CT molecular complexity index is 1480. The fourth-order valence-electron chi connectivity index (χ4n) is 5.80. The number of hydrogen-bond donors (Lipinski definition) is 1. The first-order valence-electron chi connectivity index (χ1n) is 14.7. The highest BCUT2D eigenvalue weighted by Crippen LogP contribution is 2.28. The number of anilines is 1. The zero-order valence-electron chi connectivity index (χ0n) is 24.6. The average Bonchev–Trinajstić information content (AvgIpc) is 3.35. The second-order valence-electron chi connectivity index (χ2n) is 11.2. The molecule has 0 radical (unpaired) electrons. The van der Waals surface area contributed by atoms with Gasteiger partial charge in [0.15, 0.2) is 0 Å². The largest absolute Gasteiger partial charge is 0.497 e. The number of carbonyl (C=O) groups excluding carboxylic acids is 1. The van der Waals surface area contributed by atoms with E-state index < -0.39 is 12.7 Å². The van der Waals surface area contributed by atoms with Gasteiger partial charge in [-0.2, -0.15) is 13.2 Å². The van der Waals surface area contributed by atoms with E-state index in [1.54, 1.807) is 36.3 Å². The van der Waals surface area contributed by atoms with E-state index in [1.807, 2.05) is 49.5 Å². The Morgan fingerprint density at radius 2 is 1.70 bits per heavy atom. The van der Waals surface area contributed by atoms with Gasteiger partial charge in [-0.3, -0.25) is 4.79 Å². The smallest absolute Gasteiger partial charge is 0.406 e. The highest BCUT2D eigenvalue weighted by atomic mass is 19.4. The van der Waals surface area contributed by atoms with Crippen LogP contribution in [-0.4, -0.2) is 77.8 Å². The van der Waals surface area contributed by atoms with Crippen molar-refractivity contribution in [3.8, 4) is 5.75 Å². The second kappa shape index (κ2) is 13.5. The molecule has 5 rings (SSSR count). The van der Waals surface area contributed by atoms with Crippen LogP contribution >= 0.6 is 0 Å². The third-order valence-electron chi connectivity index (χ3n) is 8.16. The van der Waals surface area contributed by atoms with Crippen molar-refractivity contribution in [1.29, 1.82) is 0 Å². The van der Waals surface area contributed by atoms with E-state index >= 15 is 0 Å². The van der Waals surface area contributed by atoms with Crippen LogP contribution in [0.15, 0.2) is 78.9 Å². The Balaban J connectivity index is 1.20. The number of aromatic nitrogens is 2. The predicted molar refractivity (Wildman–Crippen MR) is 163 cm³/mol. The van der Waals surface area contributed by atoms with E-state index in [4.69, 9.17) is 4.74 Å². The van der Waals surface area contributed by atoms with Crippen LogP contribution in [0.2, 0.25) is 0 Å². The molecule has 1 unspecified atom stereocenters. The number of ether oxygens (including phenoxy) is 1. The first kappa shape index (κ1) is 30.4. The lowest BCUT2D eigenvalue weighted by Crippen LogP contribution is -2.41. The highest BCUT2D eigenvalue weighted by molar-refractivity contribution is 5.94. The summed E-state index contributed by atoms with van der Waals surface area (Å²) >= 11 is 0. The summed E-state index contributed by atoms with van der Waals surface area (Å²) in [5, 5.41) is 3.31. The van der Waals surface area contributed by atoms with Crippen LogP contribution in [0.1, 0.15) is 41.1 Å². The molecular formula is C33H38F3N5O2. The number of halogens is 3. The molecule has 1 fully saturated rings. The number of amides is 1. The van der Waals surface area contributed by atoms with Crippen LogP contribution in [0.3, 0.4) is 0 Å². The molecule has 0 spiro atoms. The van der Waals surface area contributed by atoms with E-state index in [2.05, 4.69) is 27.3 Å². The van der Waals surface area contributed by atoms with Crippen molar-refractivity contribution < 1.29 is 22.7 Å². The number of hydrogen-bond acceptors (Lipinski definition) is 5. The maximum absolute atomic E-state index is 13.4. The Hall–Kier alpha value is -4.05. The summed E-state index contributed by atoms with van der Waals surface area (Å²) in [5.41, 5.74) is 2.83. The van der Waals surface area contributed by atoms with Gasteiger partial charge in [-0.25, -0.2) is 4.98 Å². The number of likely N-dealkylation sites (tertiary alicyclic amines) is 1. The average molecular weight is 594 g/mol. The van der Waals surface area contributed by atoms with Gasteiger partial charge in [0.1, 0.15) is 12.3 Å². The Kier molecular flexibility index (Phi) is 9.55. The predicted octanol–water partition coefficient (Wildman–Crippen LogP) is 6.43. The minimum Gasteiger partial charge on any atom is -0.497 e. The van der Waals surface area contributed by atoms with Crippen molar-refractivity contribution in [2.45, 2.75) is 43.9 Å². The molecule has 1 aromatic heterocycles. The van der Waals surface area contributed by atoms with Gasteiger partial charge < -0.3 is 24.4 Å². The molecule has 43 heavy (non-hydrogen) atoms. The molecule has 3 aromatic carbocycles. The van der Waals surface area contributed by atoms with Crippen LogP contribution in [-0.2, 0) is 6.54 Å². The summed E-state index contributed by atoms with van der Waals surface area (Å²) in [6, 6.07) is 24.3. The summed E-state index contributed by atoms with van der Waals surface area (Å²) in [6.07, 6.45) is -1.88. The van der Waals surface area contributed by atoms with Gasteiger partial charge >= 0.3 is 6.18 Å². The molecule has 10 heteroatoms. The zero-order valence-corrected chi connectivity index (χ0v) is 24.6. The molecule has 1 aliphatic rings. The number of rotatable bonds is 11. The first-order chi connectivity index (χ1) is 20.7. The number of nitrogens with zero attached hydrogens (tertiary/aromatic N) is 4. The summed E-state index contributed by atoms with van der Waals surface area (Å²) < 4.78 is 46.7. The van der Waals surface area contributed by atoms with Crippen LogP contribution in [0.5, 0.6) is 5.75 Å². The number of piperidine rings is 1. The van der Waals surface area contributed by atoms with Crippen molar-refractivity contribution in [3.05, 3.63) is 90.0 Å². The van der Waals surface area contributed by atoms with Crippen molar-refractivity contribution in [1.82, 2.24) is 19.4 Å². The maximum atomic E-state index is 13.4. The number of likely N-dealkylation sites (N-methyl/N-ethyl adjacent to an activating group) is 1. The topological polar surface area (TPSA) is 62.6 Å². The highest BCUT2D eigenvalue weighted by Gasteiger charge is 2.31. The molecule has 0 aliphatic carbocycles. The third kappa shape index (κ3) is 7.87. The molecule has 1 saturated heterocycles. The lowest BCUT2D eigenvalue weighted by atomic mass is 9.94. The molecule has 0 saturated carbocycles. The molecule has 7 nitrogen and oxygen atoms in total. The molecule has 4 aromatic rings. The number of fused-ring (bicyclic) bond motifs is 1. The molecule has 0 bridgehead atoms. The van der Waals surface area contributed by atoms with E-state index in [1.165, 1.54) is 4.57 Å². The van der Waals surface area contributed by atoms with Crippen LogP contribution < -0.4 is 10.1 Å². The fraction of sp³-hybridized carbons (Fsp3) is 0.394. The minimum absolute atomic E-state index is 0.0115. The van der Waals surface area contributed by atoms with Gasteiger partial charge in [-0.05, 0) is 67.8 Å². The van der Waals surface area contributed by atoms with Gasteiger partial charge in [0.05, 0.1) is 18.1 Å². The summed E-state index contributed by atoms with van der Waals surface area (Å²) in [6.45, 7) is 2.00. The van der Waals surface area contributed by atoms with E-state index in [0.29, 0.717) is 23.1 Å². The zero-order chi connectivity index (χ0) is 30.4. The van der Waals surface area contributed by atoms with Crippen LogP contribution in [0.25, 0.3) is 11.0 Å². The first-order valence-corrected chi connectivity index (χ1v) is 14.7. The molecule has 1 aliphatic heterocycles. The van der Waals surface area contributed by atoms with E-state index in [9.17, 15) is 18.0 Å². The van der Waals surface area contributed by atoms with Crippen molar-refractivity contribution in [3.63, 3.8) is 0 Å². The molecule has 1 N–H and O–H groups in total. The molecule has 2 heterocycles. The number of methoxy groups -OCH3 is 1. The number of para-hydroxylation sites is 2. The Morgan fingerprint density at radius 3 is 2.37 bits per heavy atom. The molecular weight excluding hydrogens is 555 g/mol. The van der Waals surface area contributed by atoms with Gasteiger partial charge in [-0.15, -0.1) is 0 Å². The van der Waals surface area contributed by atoms with Gasteiger partial charge in [-0.1, -0.05) is 42.5 Å². The summed E-state index contributed by atoms with van der Waals surface area (Å²) in [5.74, 6) is 1.17. The van der Waals surface area contributed by atoms with Gasteiger partial charge in [0.25, 0.3) is 5.91 Å². The van der Waals surface area contributed by atoms with Crippen molar-refractivity contribution in [2.24, 2.45) is 0 Å². The third-order valence-corrected chi connectivity index (χ3v) is 8.16. The van der Waals surface area contributed by atoms with Gasteiger partial charge in [0, 0.05) is 44.2 Å². The standard InChI is InChI=1S/C33H38F3N5O2/c1-39(31(42)25-8-4-3-5-9-25)22-26(24-12-14-28(43-2)15-13-24)16-19-40-20-17-27(18-21-40)37-32-38-29-10-6-7-11-30(29)41(32)23-33(34,35)36/h3-15,26-27H,16-23H2,1-2H3,(H,37,38). The lowest BCUT2D eigenvalue weighted by molar-refractivity contribution is -0.139. The van der Waals surface area contributed by atoms with E-state index in [0.717, 1.165) is 50.2 Å². The number of alkyl halides is 3. The second-order valence-corrected chi connectivity index (χ2v) is 11.2. The Morgan fingerprint density at radius 1 is 1.02 bits per heavy atom. The normalized spacial score (nSPS) is 15.4. The molecule has 1 atom stereocenters. The SMILES string of the molecule is COc1ccc(C(CCN2CCC(Nc3nc4ccccc4n3CC(F)(F)F)CC2)CN(C)C(=O)c2ccccc2)cc1. The maximum Gasteiger partial charge on any atom is 0.406 e. The van der Waals surface area contributed by atoms with Crippen molar-refractivity contribution in [2.75, 3.05) is 45.7 Å². The number of benzene rings is 3. The van der Waals surface area contributed by atoms with Crippen LogP contribution in [0, 0.1) is 0 Å². The number of nitrogens with one attached hydrogen (secondary N) is 1. The number of imidazole rings is 1. The molecule has 1 amide bonds. The minimum atomic E-state index is -4.34. The monoisotopic (exact) mass is 593 g/mol. The van der Waals surface area contributed by atoms with E-state index in [-0.39, 0.29) is 23.8 Å². The molecule has 228 valence electrons. The summed E-state index contributed by atoms with van der Waals surface area (Å²) in [4.78, 5) is 21.7. The quantitative estimate of drug-likeness (QED) is 0.217. The van der Waals surface area contributed by atoms with Crippen molar-refractivity contribution >= 4 is 22.9 Å². The fourth-order valence-corrected chi connectivity index (χ4v) is 5.80. The summed E-state index contributed by atoms with van der Waals surface area (Å²) in [7, 11) is 3.48.